The first-order valence-electron chi connectivity index (χ1n) is 8.40. The first-order chi connectivity index (χ1) is 12.4. The molecule has 3 aromatic rings. The molecular weight excluding hydrogens is 316 g/mol. The molecule has 1 aromatic carbocycles. The van der Waals surface area contributed by atoms with Crippen molar-refractivity contribution in [3.8, 4) is 5.82 Å². The molecule has 1 atom stereocenters. The van der Waals surface area contributed by atoms with Gasteiger partial charge < -0.3 is 16.0 Å². The first-order valence-corrected chi connectivity index (χ1v) is 8.40. The molecular formula is C17H20N8. The summed E-state index contributed by atoms with van der Waals surface area (Å²) in [4.78, 5) is 12.9. The van der Waals surface area contributed by atoms with Gasteiger partial charge >= 0.3 is 0 Å². The largest absolute Gasteiger partial charge is 0.366 e. The van der Waals surface area contributed by atoms with Gasteiger partial charge in [0.05, 0.1) is 0 Å². The molecule has 128 valence electrons. The van der Waals surface area contributed by atoms with Crippen LogP contribution in [0.5, 0.6) is 0 Å². The topological polar surface area (TPSA) is 92.6 Å². The Kier molecular flexibility index (Phi) is 4.51. The van der Waals surface area contributed by atoms with E-state index in [1.165, 1.54) is 6.42 Å². The summed E-state index contributed by atoms with van der Waals surface area (Å²) in [6.07, 6.45) is 5.49. The van der Waals surface area contributed by atoms with Crippen LogP contribution < -0.4 is 16.0 Å². The molecule has 4 rings (SSSR count). The summed E-state index contributed by atoms with van der Waals surface area (Å²) in [6, 6.07) is 12.1. The van der Waals surface area contributed by atoms with E-state index in [2.05, 4.69) is 36.0 Å². The summed E-state index contributed by atoms with van der Waals surface area (Å²) in [5.74, 6) is 2.00. The van der Waals surface area contributed by atoms with Crippen LogP contribution in [-0.2, 0) is 0 Å². The Hall–Kier alpha value is -3.00. The molecule has 0 saturated carbocycles. The number of anilines is 3. The van der Waals surface area contributed by atoms with Gasteiger partial charge in [-0.1, -0.05) is 18.2 Å². The van der Waals surface area contributed by atoms with Crippen LogP contribution in [0.1, 0.15) is 12.8 Å². The van der Waals surface area contributed by atoms with Gasteiger partial charge in [-0.2, -0.15) is 4.98 Å². The highest BCUT2D eigenvalue weighted by atomic mass is 15.4. The number of benzene rings is 1. The molecule has 1 saturated heterocycles. The first kappa shape index (κ1) is 15.5. The van der Waals surface area contributed by atoms with Gasteiger partial charge in [0.1, 0.15) is 18.5 Å². The van der Waals surface area contributed by atoms with Crippen molar-refractivity contribution in [3.05, 3.63) is 49.1 Å². The summed E-state index contributed by atoms with van der Waals surface area (Å²) >= 11 is 0. The van der Waals surface area contributed by atoms with Crippen LogP contribution in [0.4, 0.5) is 17.5 Å². The van der Waals surface area contributed by atoms with E-state index in [1.54, 1.807) is 17.3 Å². The van der Waals surface area contributed by atoms with Crippen LogP contribution in [0, 0.1) is 0 Å². The minimum Gasteiger partial charge on any atom is -0.366 e. The van der Waals surface area contributed by atoms with Gasteiger partial charge in [-0.15, -0.1) is 5.10 Å². The minimum atomic E-state index is 0.391. The monoisotopic (exact) mass is 336 g/mol. The predicted octanol–water partition coefficient (Wildman–Crippen LogP) is 1.96. The molecule has 0 aliphatic carbocycles. The summed E-state index contributed by atoms with van der Waals surface area (Å²) < 4.78 is 1.64. The van der Waals surface area contributed by atoms with Gasteiger partial charge in [0.25, 0.3) is 0 Å². The quantitative estimate of drug-likeness (QED) is 0.656. The number of piperidine rings is 1. The second-order valence-corrected chi connectivity index (χ2v) is 5.95. The third-order valence-electron chi connectivity index (χ3n) is 4.06. The van der Waals surface area contributed by atoms with Crippen LogP contribution in [0.15, 0.2) is 49.1 Å². The third-order valence-corrected chi connectivity index (χ3v) is 4.06. The Balaban J connectivity index is 1.47. The van der Waals surface area contributed by atoms with Gasteiger partial charge in [0.2, 0.25) is 5.95 Å². The van der Waals surface area contributed by atoms with Crippen LogP contribution in [0.2, 0.25) is 0 Å². The van der Waals surface area contributed by atoms with E-state index in [0.717, 1.165) is 31.0 Å². The molecule has 1 unspecified atom stereocenters. The van der Waals surface area contributed by atoms with Crippen LogP contribution >= 0.6 is 0 Å². The Morgan fingerprint density at radius 2 is 2.04 bits per heavy atom. The van der Waals surface area contributed by atoms with Crippen molar-refractivity contribution in [2.24, 2.45) is 0 Å². The second kappa shape index (κ2) is 7.27. The maximum absolute atomic E-state index is 4.43. The minimum absolute atomic E-state index is 0.391. The predicted molar refractivity (Wildman–Crippen MR) is 96.2 cm³/mol. The van der Waals surface area contributed by atoms with Gasteiger partial charge in [-0.3, -0.25) is 0 Å². The van der Waals surface area contributed by atoms with E-state index < -0.39 is 0 Å². The molecule has 0 spiro atoms. The molecule has 1 fully saturated rings. The highest BCUT2D eigenvalue weighted by Crippen LogP contribution is 2.15. The Morgan fingerprint density at radius 1 is 1.12 bits per heavy atom. The SMILES string of the molecule is c1ccc(Nc2ncn(-c3cc(NC4CCCNC4)ncn3)n2)cc1. The van der Waals surface area contributed by atoms with Crippen molar-refractivity contribution < 1.29 is 0 Å². The maximum atomic E-state index is 4.43. The van der Waals surface area contributed by atoms with E-state index in [1.807, 2.05) is 36.4 Å². The average Bonchev–Trinajstić information content (AvgIpc) is 3.12. The lowest BCUT2D eigenvalue weighted by molar-refractivity contribution is 0.479. The fourth-order valence-corrected chi connectivity index (χ4v) is 2.82. The molecule has 8 heteroatoms. The van der Waals surface area contributed by atoms with Crippen LogP contribution in [0.25, 0.3) is 5.82 Å². The van der Waals surface area contributed by atoms with Crippen molar-refractivity contribution in [2.45, 2.75) is 18.9 Å². The smallest absolute Gasteiger partial charge is 0.247 e. The van der Waals surface area contributed by atoms with Gasteiger partial charge in [0.15, 0.2) is 5.82 Å². The van der Waals surface area contributed by atoms with E-state index >= 15 is 0 Å². The lowest BCUT2D eigenvalue weighted by Crippen LogP contribution is -2.38. The zero-order valence-electron chi connectivity index (χ0n) is 13.8. The number of nitrogens with zero attached hydrogens (tertiary/aromatic N) is 5. The number of hydrogen-bond acceptors (Lipinski definition) is 7. The van der Waals surface area contributed by atoms with E-state index in [-0.39, 0.29) is 0 Å². The Morgan fingerprint density at radius 3 is 2.88 bits per heavy atom. The van der Waals surface area contributed by atoms with E-state index in [0.29, 0.717) is 17.8 Å². The Labute approximate surface area is 145 Å². The van der Waals surface area contributed by atoms with Crippen molar-refractivity contribution in [1.82, 2.24) is 30.0 Å². The molecule has 8 nitrogen and oxygen atoms in total. The summed E-state index contributed by atoms with van der Waals surface area (Å²) in [5, 5.41) is 14.4. The standard InChI is InChI=1S/C17H20N8/c1-2-5-13(6-3-1)23-17-21-12-25(24-17)16-9-15(19-11-20-16)22-14-7-4-8-18-10-14/h1-3,5-6,9,11-12,14,18H,4,7-8,10H2,(H,23,24)(H,19,20,22). The van der Waals surface area contributed by atoms with Crippen molar-refractivity contribution in [2.75, 3.05) is 23.7 Å². The molecule has 3 heterocycles. The molecule has 25 heavy (non-hydrogen) atoms. The number of aromatic nitrogens is 5. The van der Waals surface area contributed by atoms with Gasteiger partial charge in [-0.05, 0) is 31.5 Å². The molecule has 0 radical (unpaired) electrons. The molecule has 0 amide bonds. The Bertz CT molecular complexity index is 810. The number of nitrogens with one attached hydrogen (secondary N) is 3. The number of para-hydroxylation sites is 1. The zero-order chi connectivity index (χ0) is 16.9. The maximum Gasteiger partial charge on any atom is 0.247 e. The van der Waals surface area contributed by atoms with E-state index in [9.17, 15) is 0 Å². The van der Waals surface area contributed by atoms with Crippen molar-refractivity contribution in [1.29, 1.82) is 0 Å². The molecule has 1 aliphatic heterocycles. The number of rotatable bonds is 5. The third kappa shape index (κ3) is 3.92. The summed E-state index contributed by atoms with van der Waals surface area (Å²) in [6.45, 7) is 2.04. The number of hydrogen-bond donors (Lipinski definition) is 3. The highest BCUT2D eigenvalue weighted by molar-refractivity contribution is 5.52. The normalized spacial score (nSPS) is 17.2. The summed E-state index contributed by atoms with van der Waals surface area (Å²) in [7, 11) is 0. The van der Waals surface area contributed by atoms with Crippen LogP contribution in [0.3, 0.4) is 0 Å². The molecule has 1 aliphatic rings. The fourth-order valence-electron chi connectivity index (χ4n) is 2.82. The lowest BCUT2D eigenvalue weighted by Gasteiger charge is -2.24. The van der Waals surface area contributed by atoms with E-state index in [4.69, 9.17) is 0 Å². The lowest BCUT2D eigenvalue weighted by atomic mass is 10.1. The average molecular weight is 336 g/mol. The van der Waals surface area contributed by atoms with Crippen molar-refractivity contribution in [3.63, 3.8) is 0 Å². The second-order valence-electron chi connectivity index (χ2n) is 5.95. The molecule has 2 aromatic heterocycles. The summed E-state index contributed by atoms with van der Waals surface area (Å²) in [5.41, 5.74) is 0.940. The highest BCUT2D eigenvalue weighted by Gasteiger charge is 2.13. The molecule has 0 bridgehead atoms. The zero-order valence-corrected chi connectivity index (χ0v) is 13.8. The molecule has 3 N–H and O–H groups in total. The van der Waals surface area contributed by atoms with Gasteiger partial charge in [0, 0.05) is 24.3 Å². The van der Waals surface area contributed by atoms with Gasteiger partial charge in [-0.25, -0.2) is 14.6 Å². The fraction of sp³-hybridized carbons (Fsp3) is 0.294. The van der Waals surface area contributed by atoms with Crippen LogP contribution in [-0.4, -0.2) is 43.9 Å². The van der Waals surface area contributed by atoms with Crippen molar-refractivity contribution >= 4 is 17.5 Å².